The van der Waals surface area contributed by atoms with Crippen LogP contribution in [0.5, 0.6) is 0 Å². The molecule has 0 saturated heterocycles. The fraction of sp³-hybridized carbons (Fsp3) is 0.833. The van der Waals surface area contributed by atoms with Crippen LogP contribution in [-0.4, -0.2) is 19.7 Å². The molecule has 0 aromatic heterocycles. The molecule has 1 radical (unpaired) electrons. The molecule has 53 valence electrons. The Kier molecular flexibility index (Phi) is 5.21. The summed E-state index contributed by atoms with van der Waals surface area (Å²) in [6.45, 7) is 0.632. The molecule has 3 nitrogen and oxygen atoms in total. The zero-order valence-corrected chi connectivity index (χ0v) is 5.55. The van der Waals surface area contributed by atoms with E-state index in [4.69, 9.17) is 4.74 Å². The van der Waals surface area contributed by atoms with Crippen LogP contribution in [0.25, 0.3) is 0 Å². The second-order valence-electron chi connectivity index (χ2n) is 1.82. The molecule has 3 heteroatoms. The highest BCUT2D eigenvalue weighted by Gasteiger charge is 1.96. The number of hydrogen-bond acceptors (Lipinski definition) is 2. The smallest absolute Gasteiger partial charge is 0.355 e. The van der Waals surface area contributed by atoms with Gasteiger partial charge in [-0.25, -0.2) is 9.90 Å². The number of carbonyl (C=O) groups excluding carboxylic acids is 1. The fourth-order valence-corrected chi connectivity index (χ4v) is 0.516. The fourth-order valence-electron chi connectivity index (χ4n) is 0.516. The monoisotopic (exact) mass is 131 g/mol. The van der Waals surface area contributed by atoms with Crippen LogP contribution in [0, 0.1) is 0 Å². The van der Waals surface area contributed by atoms with Crippen LogP contribution in [0.2, 0.25) is 0 Å². The van der Waals surface area contributed by atoms with Gasteiger partial charge in [-0.1, -0.05) is 0 Å². The Bertz CT molecular complexity index is 80.4. The molecule has 0 unspecified atom stereocenters. The summed E-state index contributed by atoms with van der Waals surface area (Å²) in [6.07, 6.45) is 1.59. The van der Waals surface area contributed by atoms with Gasteiger partial charge in [-0.05, 0) is 12.8 Å². The molecule has 0 atom stereocenters. The van der Waals surface area contributed by atoms with E-state index in [0.29, 0.717) is 13.0 Å². The minimum absolute atomic E-state index is 0.142. The minimum Gasteiger partial charge on any atom is -0.385 e. The molecule has 0 aliphatic rings. The molecule has 0 spiro atoms. The summed E-state index contributed by atoms with van der Waals surface area (Å²) in [7, 11) is 1.60. The standard InChI is InChI=1S/C6H11O3/c1-9-5-3-2-4-6(7)8/h2-5H2,1H3. The zero-order valence-electron chi connectivity index (χ0n) is 5.55. The van der Waals surface area contributed by atoms with E-state index in [0.717, 1.165) is 6.42 Å². The molecule has 0 saturated carbocycles. The number of hydrogen-bond donors (Lipinski definition) is 0. The van der Waals surface area contributed by atoms with Crippen molar-refractivity contribution in [3.05, 3.63) is 0 Å². The van der Waals surface area contributed by atoms with Crippen LogP contribution in [0.3, 0.4) is 0 Å². The average Bonchev–Trinajstić information content (AvgIpc) is 1.80. The van der Waals surface area contributed by atoms with Crippen LogP contribution in [0.4, 0.5) is 0 Å². The lowest BCUT2D eigenvalue weighted by Crippen LogP contribution is -1.94. The predicted octanol–water partition coefficient (Wildman–Crippen LogP) is 0.760. The van der Waals surface area contributed by atoms with E-state index in [1.807, 2.05) is 0 Å². The second-order valence-corrected chi connectivity index (χ2v) is 1.82. The Morgan fingerprint density at radius 3 is 2.56 bits per heavy atom. The summed E-state index contributed by atoms with van der Waals surface area (Å²) in [5.74, 6) is -0.980. The van der Waals surface area contributed by atoms with Gasteiger partial charge >= 0.3 is 5.97 Å². The lowest BCUT2D eigenvalue weighted by atomic mass is 10.2. The Morgan fingerprint density at radius 2 is 2.11 bits per heavy atom. The summed E-state index contributed by atoms with van der Waals surface area (Å²) in [5.41, 5.74) is 0. The van der Waals surface area contributed by atoms with Crippen molar-refractivity contribution in [3.63, 3.8) is 0 Å². The first-order chi connectivity index (χ1) is 4.27. The maximum atomic E-state index is 9.81. The third-order valence-corrected chi connectivity index (χ3v) is 0.979. The van der Waals surface area contributed by atoms with E-state index in [9.17, 15) is 9.90 Å². The molecule has 0 bridgehead atoms. The Balaban J connectivity index is 2.83. The maximum absolute atomic E-state index is 9.81. The molecular formula is C6H11O3. The van der Waals surface area contributed by atoms with Crippen molar-refractivity contribution in [3.8, 4) is 0 Å². The van der Waals surface area contributed by atoms with Crippen LogP contribution < -0.4 is 0 Å². The molecule has 0 amide bonds. The number of rotatable bonds is 5. The highest BCUT2D eigenvalue weighted by Crippen LogP contribution is 1.94. The lowest BCUT2D eigenvalue weighted by Gasteiger charge is -1.93. The highest BCUT2D eigenvalue weighted by atomic mass is 16.5. The highest BCUT2D eigenvalue weighted by molar-refractivity contribution is 5.66. The van der Waals surface area contributed by atoms with E-state index in [2.05, 4.69) is 0 Å². The molecule has 0 rings (SSSR count). The summed E-state index contributed by atoms with van der Waals surface area (Å²) >= 11 is 0. The summed E-state index contributed by atoms with van der Waals surface area (Å²) in [5, 5.41) is 9.81. The van der Waals surface area contributed by atoms with Crippen molar-refractivity contribution < 1.29 is 14.6 Å². The average molecular weight is 131 g/mol. The summed E-state index contributed by atoms with van der Waals surface area (Å²) in [4.78, 5) is 9.81. The Hall–Kier alpha value is -0.570. The van der Waals surface area contributed by atoms with Crippen LogP contribution in [0.1, 0.15) is 19.3 Å². The normalized spacial score (nSPS) is 9.44. The topological polar surface area (TPSA) is 46.2 Å². The Morgan fingerprint density at radius 1 is 1.44 bits per heavy atom. The predicted molar refractivity (Wildman–Crippen MR) is 31.4 cm³/mol. The van der Waals surface area contributed by atoms with Gasteiger partial charge in [-0.3, -0.25) is 0 Å². The van der Waals surface area contributed by atoms with Gasteiger partial charge in [0.1, 0.15) is 0 Å². The number of methoxy groups -OCH3 is 1. The van der Waals surface area contributed by atoms with Gasteiger partial charge in [0.2, 0.25) is 0 Å². The van der Waals surface area contributed by atoms with Crippen molar-refractivity contribution in [2.75, 3.05) is 13.7 Å². The van der Waals surface area contributed by atoms with Crippen LogP contribution >= 0.6 is 0 Å². The lowest BCUT2D eigenvalue weighted by molar-refractivity contribution is -0.143. The second kappa shape index (κ2) is 5.56. The van der Waals surface area contributed by atoms with Gasteiger partial charge in [0.25, 0.3) is 0 Å². The summed E-state index contributed by atoms with van der Waals surface area (Å²) in [6, 6.07) is 0. The van der Waals surface area contributed by atoms with Crippen molar-refractivity contribution in [1.82, 2.24) is 0 Å². The number of unbranched alkanes of at least 4 members (excludes halogenated alkanes) is 1. The molecular weight excluding hydrogens is 120 g/mol. The van der Waals surface area contributed by atoms with Crippen molar-refractivity contribution >= 4 is 5.97 Å². The van der Waals surface area contributed by atoms with Gasteiger partial charge < -0.3 is 4.74 Å². The van der Waals surface area contributed by atoms with Crippen molar-refractivity contribution in [2.24, 2.45) is 0 Å². The van der Waals surface area contributed by atoms with Gasteiger partial charge in [0.15, 0.2) is 0 Å². The van der Waals surface area contributed by atoms with E-state index in [1.54, 1.807) is 7.11 Å². The third-order valence-electron chi connectivity index (χ3n) is 0.979. The van der Waals surface area contributed by atoms with Gasteiger partial charge in [0.05, 0.1) is 6.42 Å². The van der Waals surface area contributed by atoms with Gasteiger partial charge in [-0.15, -0.1) is 0 Å². The first-order valence-corrected chi connectivity index (χ1v) is 2.96. The third kappa shape index (κ3) is 7.43. The van der Waals surface area contributed by atoms with Crippen molar-refractivity contribution in [1.29, 1.82) is 0 Å². The van der Waals surface area contributed by atoms with E-state index in [1.165, 1.54) is 0 Å². The first-order valence-electron chi connectivity index (χ1n) is 2.96. The SMILES string of the molecule is COCCCCC([O])=O. The number of carbonyl (C=O) groups is 1. The maximum Gasteiger partial charge on any atom is 0.355 e. The van der Waals surface area contributed by atoms with Gasteiger partial charge in [-0.2, -0.15) is 0 Å². The Labute approximate surface area is 54.6 Å². The molecule has 0 fully saturated rings. The minimum atomic E-state index is -0.980. The molecule has 9 heavy (non-hydrogen) atoms. The molecule has 0 aliphatic carbocycles. The van der Waals surface area contributed by atoms with E-state index >= 15 is 0 Å². The molecule has 0 aliphatic heterocycles. The van der Waals surface area contributed by atoms with Crippen LogP contribution in [-0.2, 0) is 14.6 Å². The summed E-state index contributed by atoms with van der Waals surface area (Å²) < 4.78 is 4.71. The molecule has 0 aromatic carbocycles. The van der Waals surface area contributed by atoms with E-state index < -0.39 is 5.97 Å². The van der Waals surface area contributed by atoms with Gasteiger partial charge in [0, 0.05) is 13.7 Å². The number of ether oxygens (including phenoxy) is 1. The molecule has 0 heterocycles. The largest absolute Gasteiger partial charge is 0.385 e. The zero-order chi connectivity index (χ0) is 7.11. The molecule has 0 N–H and O–H groups in total. The van der Waals surface area contributed by atoms with E-state index in [-0.39, 0.29) is 6.42 Å². The van der Waals surface area contributed by atoms with Crippen molar-refractivity contribution in [2.45, 2.75) is 19.3 Å². The van der Waals surface area contributed by atoms with Crippen LogP contribution in [0.15, 0.2) is 0 Å². The first kappa shape index (κ1) is 8.43. The molecule has 0 aromatic rings. The quantitative estimate of drug-likeness (QED) is 0.517.